The van der Waals surface area contributed by atoms with E-state index in [9.17, 15) is 9.59 Å². The fraction of sp³-hybridized carbons (Fsp3) is 0.818. The number of carbonyl (C=O) groups is 2. The van der Waals surface area contributed by atoms with Crippen LogP contribution >= 0.6 is 0 Å². The lowest BCUT2D eigenvalue weighted by Crippen LogP contribution is -2.45. The number of ether oxygens (including phenoxy) is 2. The highest BCUT2D eigenvalue weighted by atomic mass is 16.6. The van der Waals surface area contributed by atoms with E-state index in [0.717, 1.165) is 0 Å². The topological polar surface area (TPSA) is 64.6 Å². The average Bonchev–Trinajstić information content (AvgIpc) is 2.12. The fourth-order valence-electron chi connectivity index (χ4n) is 1.02. The van der Waals surface area contributed by atoms with E-state index >= 15 is 0 Å². The molecular weight excluding hydrogens is 210 g/mol. The molecule has 0 aliphatic rings. The number of carbonyl (C=O) groups excluding carboxylic acids is 2. The minimum absolute atomic E-state index is 0.187. The first kappa shape index (κ1) is 14.9. The van der Waals surface area contributed by atoms with E-state index in [2.05, 4.69) is 5.32 Å². The molecule has 94 valence electrons. The van der Waals surface area contributed by atoms with Crippen LogP contribution in [0.15, 0.2) is 0 Å². The van der Waals surface area contributed by atoms with E-state index in [4.69, 9.17) is 9.47 Å². The van der Waals surface area contributed by atoms with Crippen LogP contribution in [-0.4, -0.2) is 36.7 Å². The molecule has 5 nitrogen and oxygen atoms in total. The van der Waals surface area contributed by atoms with Crippen molar-refractivity contribution in [3.05, 3.63) is 0 Å². The fourth-order valence-corrected chi connectivity index (χ4v) is 1.02. The van der Waals surface area contributed by atoms with Crippen LogP contribution in [0.3, 0.4) is 0 Å². The minimum atomic E-state index is -0.621. The lowest BCUT2D eigenvalue weighted by Gasteiger charge is -2.22. The number of methoxy groups -OCH3 is 1. The molecule has 5 heteroatoms. The smallest absolute Gasteiger partial charge is 0.408 e. The molecule has 0 saturated heterocycles. The Kier molecular flexibility index (Phi) is 5.44. The van der Waals surface area contributed by atoms with Crippen LogP contribution in [-0.2, 0) is 14.3 Å². The van der Waals surface area contributed by atoms with Crippen molar-refractivity contribution in [2.24, 2.45) is 0 Å². The van der Waals surface area contributed by atoms with Gasteiger partial charge in [0.25, 0.3) is 0 Å². The number of alkyl carbamates (subject to hydrolysis) is 1. The van der Waals surface area contributed by atoms with Crippen molar-refractivity contribution in [1.29, 1.82) is 0 Å². The summed E-state index contributed by atoms with van der Waals surface area (Å²) in [5.41, 5.74) is -0.570. The summed E-state index contributed by atoms with van der Waals surface area (Å²) in [5, 5.41) is 2.46. The molecule has 0 aliphatic carbocycles. The summed E-state index contributed by atoms with van der Waals surface area (Å²) in [4.78, 5) is 22.9. The summed E-state index contributed by atoms with van der Waals surface area (Å²) in [7, 11) is 1.45. The number of hydrogen-bond donors (Lipinski definition) is 1. The van der Waals surface area contributed by atoms with Crippen LogP contribution < -0.4 is 5.32 Å². The normalized spacial score (nSPS) is 15.1. The summed E-state index contributed by atoms with van der Waals surface area (Å²) in [6.07, 6.45) is -1.14. The molecule has 0 heterocycles. The predicted molar refractivity (Wildman–Crippen MR) is 60.3 cm³/mol. The predicted octanol–water partition coefficient (Wildman–Crippen LogP) is 1.50. The Labute approximate surface area is 96.5 Å². The van der Waals surface area contributed by atoms with E-state index < -0.39 is 23.8 Å². The van der Waals surface area contributed by atoms with Gasteiger partial charge in [0.1, 0.15) is 11.7 Å². The summed E-state index contributed by atoms with van der Waals surface area (Å²) >= 11 is 0. The summed E-state index contributed by atoms with van der Waals surface area (Å²) in [6, 6.07) is -0.621. The van der Waals surface area contributed by atoms with Crippen molar-refractivity contribution < 1.29 is 19.1 Å². The van der Waals surface area contributed by atoms with E-state index in [1.54, 1.807) is 34.6 Å². The zero-order valence-electron chi connectivity index (χ0n) is 10.8. The van der Waals surface area contributed by atoms with Gasteiger partial charge in [-0.1, -0.05) is 0 Å². The highest BCUT2D eigenvalue weighted by Crippen LogP contribution is 2.07. The minimum Gasteiger partial charge on any atom is -0.444 e. The second-order valence-electron chi connectivity index (χ2n) is 4.65. The Balaban J connectivity index is 4.20. The second-order valence-corrected chi connectivity index (χ2v) is 4.65. The molecule has 0 aromatic carbocycles. The van der Waals surface area contributed by atoms with Crippen LogP contribution in [0.25, 0.3) is 0 Å². The quantitative estimate of drug-likeness (QED) is 0.796. The third-order valence-corrected chi connectivity index (χ3v) is 1.91. The third kappa shape index (κ3) is 5.70. The molecule has 0 aromatic rings. The zero-order valence-corrected chi connectivity index (χ0v) is 10.8. The van der Waals surface area contributed by atoms with Crippen molar-refractivity contribution in [3.8, 4) is 0 Å². The average molecular weight is 231 g/mol. The molecule has 16 heavy (non-hydrogen) atoms. The first-order chi connectivity index (χ1) is 7.17. The van der Waals surface area contributed by atoms with Gasteiger partial charge in [0, 0.05) is 7.11 Å². The molecule has 0 spiro atoms. The Bertz CT molecular complexity index is 257. The summed E-state index contributed by atoms with van der Waals surface area (Å²) < 4.78 is 9.90. The van der Waals surface area contributed by atoms with Crippen molar-refractivity contribution in [2.45, 2.75) is 52.4 Å². The Morgan fingerprint density at radius 3 is 2.06 bits per heavy atom. The Morgan fingerprint density at radius 1 is 1.19 bits per heavy atom. The van der Waals surface area contributed by atoms with Crippen LogP contribution in [0.1, 0.15) is 34.6 Å². The first-order valence-corrected chi connectivity index (χ1v) is 5.23. The van der Waals surface area contributed by atoms with Gasteiger partial charge in [-0.3, -0.25) is 4.79 Å². The molecule has 1 amide bonds. The largest absolute Gasteiger partial charge is 0.444 e. The third-order valence-electron chi connectivity index (χ3n) is 1.91. The number of nitrogens with one attached hydrogen (secondary N) is 1. The summed E-state index contributed by atoms with van der Waals surface area (Å²) in [6.45, 7) is 8.52. The molecule has 2 atom stereocenters. The second kappa shape index (κ2) is 5.84. The molecule has 0 saturated carbocycles. The van der Waals surface area contributed by atoms with Gasteiger partial charge in [0.05, 0.1) is 6.04 Å². The lowest BCUT2D eigenvalue weighted by atomic mass is 10.1. The first-order valence-electron chi connectivity index (χ1n) is 5.23. The van der Waals surface area contributed by atoms with Crippen molar-refractivity contribution in [2.75, 3.05) is 7.11 Å². The molecule has 0 fully saturated rings. The van der Waals surface area contributed by atoms with Crippen molar-refractivity contribution in [1.82, 2.24) is 5.32 Å². The maximum Gasteiger partial charge on any atom is 0.408 e. The molecule has 0 aliphatic heterocycles. The lowest BCUT2D eigenvalue weighted by molar-refractivity contribution is -0.129. The van der Waals surface area contributed by atoms with E-state index in [-0.39, 0.29) is 5.78 Å². The van der Waals surface area contributed by atoms with E-state index in [1.807, 2.05) is 0 Å². The van der Waals surface area contributed by atoms with Gasteiger partial charge in [-0.25, -0.2) is 4.79 Å². The van der Waals surface area contributed by atoms with E-state index in [0.29, 0.717) is 0 Å². The number of rotatable bonds is 4. The van der Waals surface area contributed by atoms with Gasteiger partial charge in [-0.2, -0.15) is 0 Å². The van der Waals surface area contributed by atoms with Gasteiger partial charge in [-0.15, -0.1) is 0 Å². The highest BCUT2D eigenvalue weighted by molar-refractivity contribution is 5.90. The van der Waals surface area contributed by atoms with Crippen LogP contribution in [0.5, 0.6) is 0 Å². The van der Waals surface area contributed by atoms with Gasteiger partial charge >= 0.3 is 6.09 Å². The summed E-state index contributed by atoms with van der Waals surface area (Å²) in [5.74, 6) is -0.187. The maximum atomic E-state index is 11.6. The molecule has 0 radical (unpaired) electrons. The monoisotopic (exact) mass is 231 g/mol. The maximum absolute atomic E-state index is 11.6. The molecular formula is C11H21NO4. The molecule has 0 rings (SSSR count). The van der Waals surface area contributed by atoms with Crippen LogP contribution in [0.2, 0.25) is 0 Å². The number of ketones is 1. The van der Waals surface area contributed by atoms with Gasteiger partial charge in [0.15, 0.2) is 5.78 Å². The number of amides is 1. The SMILES string of the molecule is COC(C)C(=O)C(C)NC(=O)OC(C)(C)C. The molecule has 1 N–H and O–H groups in total. The van der Waals surface area contributed by atoms with Crippen LogP contribution in [0, 0.1) is 0 Å². The Morgan fingerprint density at radius 2 is 1.69 bits per heavy atom. The van der Waals surface area contributed by atoms with Crippen LogP contribution in [0.4, 0.5) is 4.79 Å². The van der Waals surface area contributed by atoms with Crippen molar-refractivity contribution >= 4 is 11.9 Å². The highest BCUT2D eigenvalue weighted by Gasteiger charge is 2.23. The standard InChI is InChI=1S/C11H21NO4/c1-7(9(13)8(2)15-6)12-10(14)16-11(3,4)5/h7-8H,1-6H3,(H,12,14). The Hall–Kier alpha value is -1.10. The zero-order chi connectivity index (χ0) is 12.9. The molecule has 0 aromatic heterocycles. The number of Topliss-reactive ketones (excluding diaryl/α,β-unsaturated/α-hetero) is 1. The van der Waals surface area contributed by atoms with Crippen molar-refractivity contribution in [3.63, 3.8) is 0 Å². The molecule has 0 bridgehead atoms. The number of hydrogen-bond acceptors (Lipinski definition) is 4. The van der Waals surface area contributed by atoms with Gasteiger partial charge in [0.2, 0.25) is 0 Å². The molecule has 2 unspecified atom stereocenters. The van der Waals surface area contributed by atoms with Gasteiger partial charge in [-0.05, 0) is 34.6 Å². The van der Waals surface area contributed by atoms with E-state index in [1.165, 1.54) is 7.11 Å². The van der Waals surface area contributed by atoms with Gasteiger partial charge < -0.3 is 14.8 Å².